The molecule has 0 N–H and O–H groups in total. The van der Waals surface area contributed by atoms with Crippen LogP contribution in [-0.2, 0) is 9.09 Å². The van der Waals surface area contributed by atoms with Crippen LogP contribution in [0.1, 0.15) is 38.7 Å². The van der Waals surface area contributed by atoms with Crippen molar-refractivity contribution < 1.29 is 13.6 Å². The van der Waals surface area contributed by atoms with Gasteiger partial charge in [-0.2, -0.15) is 0 Å². The molecule has 4 heteroatoms. The normalized spacial score (nSPS) is 14.2. The summed E-state index contributed by atoms with van der Waals surface area (Å²) in [5, 5.41) is 0. The number of hydrogen-bond acceptors (Lipinski definition) is 3. The van der Waals surface area contributed by atoms with E-state index >= 15 is 0 Å². The van der Waals surface area contributed by atoms with Gasteiger partial charge in [0.15, 0.2) is 0 Å². The molecule has 0 aliphatic rings. The van der Waals surface area contributed by atoms with Gasteiger partial charge in [0, 0.05) is 0 Å². The Balaban J connectivity index is 2.73. The van der Waals surface area contributed by atoms with Crippen molar-refractivity contribution in [2.75, 3.05) is 12.8 Å². The summed E-state index contributed by atoms with van der Waals surface area (Å²) in [6.07, 6.45) is 3.16. The lowest BCUT2D eigenvalue weighted by molar-refractivity contribution is 0.264. The maximum Gasteiger partial charge on any atom is 0.379 e. The van der Waals surface area contributed by atoms with Gasteiger partial charge in [0.2, 0.25) is 0 Å². The first kappa shape index (κ1) is 15.3. The molecular formula is C14H23O3P. The van der Waals surface area contributed by atoms with Gasteiger partial charge in [-0.1, -0.05) is 32.4 Å². The topological polar surface area (TPSA) is 35.5 Å². The zero-order chi connectivity index (χ0) is 13.4. The lowest BCUT2D eigenvalue weighted by atomic mass is 10.2. The molecule has 0 fully saturated rings. The molecule has 0 bridgehead atoms. The quantitative estimate of drug-likeness (QED) is 0.637. The Hall–Kier alpha value is -0.790. The molecule has 0 aliphatic heterocycles. The van der Waals surface area contributed by atoms with Crippen LogP contribution in [0.3, 0.4) is 0 Å². The van der Waals surface area contributed by atoms with Crippen molar-refractivity contribution in [3.63, 3.8) is 0 Å². The molecule has 1 aromatic carbocycles. The van der Waals surface area contributed by atoms with Gasteiger partial charge in [-0.05, 0) is 37.5 Å². The number of hydrogen-bond donors (Lipinski definition) is 0. The Labute approximate surface area is 110 Å². The number of aryl methyl sites for hydroxylation is 1. The number of benzene rings is 1. The molecular weight excluding hydrogens is 247 g/mol. The summed E-state index contributed by atoms with van der Waals surface area (Å²) >= 11 is 0. The molecule has 3 nitrogen and oxygen atoms in total. The minimum absolute atomic E-state index is 0.479. The van der Waals surface area contributed by atoms with E-state index in [2.05, 4.69) is 6.92 Å². The van der Waals surface area contributed by atoms with E-state index in [9.17, 15) is 4.57 Å². The van der Waals surface area contributed by atoms with Crippen molar-refractivity contribution in [1.29, 1.82) is 0 Å². The third kappa shape index (κ3) is 5.24. The molecule has 0 amide bonds. The van der Waals surface area contributed by atoms with Gasteiger partial charge in [-0.3, -0.25) is 4.52 Å². The Bertz CT molecular complexity index is 392. The van der Waals surface area contributed by atoms with E-state index in [1.54, 1.807) is 0 Å². The third-order valence-corrected chi connectivity index (χ3v) is 4.44. The zero-order valence-corrected chi connectivity index (χ0v) is 12.4. The lowest BCUT2D eigenvalue weighted by Crippen LogP contribution is -2.03. The highest BCUT2D eigenvalue weighted by molar-refractivity contribution is 7.54. The molecule has 1 unspecified atom stereocenters. The Kier molecular flexibility index (Phi) is 6.45. The SMILES string of the molecule is CCCCP(=O)(OCCC)Oc1cccc(C)c1. The van der Waals surface area contributed by atoms with E-state index in [0.29, 0.717) is 18.5 Å². The zero-order valence-electron chi connectivity index (χ0n) is 11.5. The Morgan fingerprint density at radius 1 is 1.22 bits per heavy atom. The predicted molar refractivity (Wildman–Crippen MR) is 75.4 cm³/mol. The fourth-order valence-corrected chi connectivity index (χ4v) is 3.42. The standard InChI is InChI=1S/C14H23O3P/c1-4-6-11-18(15,16-10-5-2)17-14-9-7-8-13(3)12-14/h7-9,12H,4-6,10-11H2,1-3H3. The lowest BCUT2D eigenvalue weighted by Gasteiger charge is -2.19. The smallest absolute Gasteiger partial charge is 0.379 e. The second-order valence-corrected chi connectivity index (χ2v) is 6.54. The van der Waals surface area contributed by atoms with Crippen molar-refractivity contribution in [2.45, 2.75) is 40.0 Å². The molecule has 0 heterocycles. The van der Waals surface area contributed by atoms with Crippen LogP contribution in [0.4, 0.5) is 0 Å². The average molecular weight is 270 g/mol. The second kappa shape index (κ2) is 7.60. The van der Waals surface area contributed by atoms with Crippen LogP contribution < -0.4 is 4.52 Å². The van der Waals surface area contributed by atoms with Gasteiger partial charge < -0.3 is 4.52 Å². The van der Waals surface area contributed by atoms with Gasteiger partial charge in [0.1, 0.15) is 5.75 Å². The summed E-state index contributed by atoms with van der Waals surface area (Å²) in [5.74, 6) is 0.630. The fraction of sp³-hybridized carbons (Fsp3) is 0.571. The average Bonchev–Trinajstić information content (AvgIpc) is 2.34. The maximum atomic E-state index is 12.6. The summed E-state index contributed by atoms with van der Waals surface area (Å²) in [6.45, 7) is 6.52. The van der Waals surface area contributed by atoms with E-state index in [0.717, 1.165) is 24.8 Å². The summed E-state index contributed by atoms with van der Waals surface area (Å²) in [5.41, 5.74) is 1.09. The second-order valence-electron chi connectivity index (χ2n) is 4.43. The summed E-state index contributed by atoms with van der Waals surface area (Å²) in [6, 6.07) is 7.58. The third-order valence-electron chi connectivity index (χ3n) is 2.51. The monoisotopic (exact) mass is 270 g/mol. The highest BCUT2D eigenvalue weighted by Crippen LogP contribution is 2.49. The molecule has 1 aromatic rings. The van der Waals surface area contributed by atoms with Crippen LogP contribution in [0.25, 0.3) is 0 Å². The number of rotatable bonds is 8. The van der Waals surface area contributed by atoms with E-state index in [1.165, 1.54) is 0 Å². The largest absolute Gasteiger partial charge is 0.424 e. The summed E-state index contributed by atoms with van der Waals surface area (Å²) in [7, 11) is -2.99. The van der Waals surface area contributed by atoms with Gasteiger partial charge >= 0.3 is 7.60 Å². The van der Waals surface area contributed by atoms with Crippen LogP contribution in [0.2, 0.25) is 0 Å². The summed E-state index contributed by atoms with van der Waals surface area (Å²) in [4.78, 5) is 0. The van der Waals surface area contributed by atoms with Crippen LogP contribution >= 0.6 is 7.60 Å². The van der Waals surface area contributed by atoms with Crippen molar-refractivity contribution >= 4 is 7.60 Å². The maximum absolute atomic E-state index is 12.6. The van der Waals surface area contributed by atoms with E-state index in [1.807, 2.05) is 38.1 Å². The molecule has 0 aliphatic carbocycles. The van der Waals surface area contributed by atoms with Crippen molar-refractivity contribution in [3.8, 4) is 5.75 Å². The minimum Gasteiger partial charge on any atom is -0.424 e. The molecule has 102 valence electrons. The van der Waals surface area contributed by atoms with Crippen molar-refractivity contribution in [3.05, 3.63) is 29.8 Å². The van der Waals surface area contributed by atoms with Crippen molar-refractivity contribution in [1.82, 2.24) is 0 Å². The van der Waals surface area contributed by atoms with Gasteiger partial charge in [0.25, 0.3) is 0 Å². The predicted octanol–water partition coefficient (Wildman–Crippen LogP) is 4.79. The first-order valence-corrected chi connectivity index (χ1v) is 8.32. The first-order chi connectivity index (χ1) is 8.59. The van der Waals surface area contributed by atoms with Crippen LogP contribution in [0.15, 0.2) is 24.3 Å². The van der Waals surface area contributed by atoms with Gasteiger partial charge in [-0.25, -0.2) is 4.57 Å². The van der Waals surface area contributed by atoms with E-state index in [-0.39, 0.29) is 0 Å². The van der Waals surface area contributed by atoms with Crippen LogP contribution in [-0.4, -0.2) is 12.8 Å². The highest BCUT2D eigenvalue weighted by atomic mass is 31.2. The van der Waals surface area contributed by atoms with Gasteiger partial charge in [0.05, 0.1) is 12.8 Å². The van der Waals surface area contributed by atoms with Gasteiger partial charge in [-0.15, -0.1) is 0 Å². The molecule has 0 saturated carbocycles. The number of unbranched alkanes of at least 4 members (excludes halogenated alkanes) is 1. The summed E-state index contributed by atoms with van der Waals surface area (Å²) < 4.78 is 23.6. The highest BCUT2D eigenvalue weighted by Gasteiger charge is 2.25. The molecule has 1 atom stereocenters. The van der Waals surface area contributed by atoms with Crippen LogP contribution in [0, 0.1) is 6.92 Å². The van der Waals surface area contributed by atoms with E-state index in [4.69, 9.17) is 9.05 Å². The Morgan fingerprint density at radius 2 is 2.00 bits per heavy atom. The van der Waals surface area contributed by atoms with Crippen LogP contribution in [0.5, 0.6) is 5.75 Å². The molecule has 18 heavy (non-hydrogen) atoms. The molecule has 0 saturated heterocycles. The van der Waals surface area contributed by atoms with Crippen molar-refractivity contribution in [2.24, 2.45) is 0 Å². The Morgan fingerprint density at radius 3 is 2.61 bits per heavy atom. The van der Waals surface area contributed by atoms with E-state index < -0.39 is 7.60 Å². The molecule has 0 aromatic heterocycles. The molecule has 0 radical (unpaired) electrons. The molecule has 0 spiro atoms. The first-order valence-electron chi connectivity index (χ1n) is 6.59. The molecule has 1 rings (SSSR count). The fourth-order valence-electron chi connectivity index (χ4n) is 1.55. The minimum atomic E-state index is -2.99.